The number of carbonyl (C=O) groups excluding carboxylic acids is 1. The molecule has 0 aromatic carbocycles. The van der Waals surface area contributed by atoms with Gasteiger partial charge in [-0.3, -0.25) is 4.57 Å². The number of imidazole rings is 1. The van der Waals surface area contributed by atoms with Crippen molar-refractivity contribution in [2.75, 3.05) is 32.2 Å². The number of fused-ring (bicyclic) bond motifs is 1. The van der Waals surface area contributed by atoms with Crippen molar-refractivity contribution in [3.8, 4) is 0 Å². The highest BCUT2D eigenvalue weighted by Gasteiger charge is 2.45. The van der Waals surface area contributed by atoms with Crippen LogP contribution in [0, 0.1) is 0 Å². The maximum atomic E-state index is 11.3. The van der Waals surface area contributed by atoms with Gasteiger partial charge >= 0.3 is 6.09 Å². The zero-order chi connectivity index (χ0) is 20.5. The Balaban J connectivity index is 1.59. The number of halogens is 1. The molecule has 4 unspecified atom stereocenters. The van der Waals surface area contributed by atoms with Gasteiger partial charge in [-0.15, -0.1) is 0 Å². The van der Waals surface area contributed by atoms with Crippen molar-refractivity contribution in [1.82, 2.24) is 24.8 Å². The van der Waals surface area contributed by atoms with Crippen LogP contribution in [0.1, 0.15) is 12.6 Å². The topological polar surface area (TPSA) is 153 Å². The number of hydrogen-bond donors (Lipinski definition) is 4. The summed E-state index contributed by atoms with van der Waals surface area (Å²) in [5.74, 6) is 0.446. The molecule has 5 atom stereocenters. The number of amides is 1. The smallest absolute Gasteiger partial charge is 0.406 e. The third kappa shape index (κ3) is 3.94. The lowest BCUT2D eigenvalue weighted by Gasteiger charge is -2.17. The molecule has 1 amide bonds. The van der Waals surface area contributed by atoms with Crippen LogP contribution in [0.5, 0.6) is 0 Å². The number of alkyl carbamates (subject to hydrolysis) is 1. The van der Waals surface area contributed by atoms with Crippen molar-refractivity contribution in [1.29, 1.82) is 0 Å². The molecule has 29 heavy (non-hydrogen) atoms. The standard InChI is InChI=1S/C16H21ClN6O6/c1-18-16(26)28-5-8-10(24)11(25)14(29-8)23-6-19-9-12(20-7-2-3-27-4-7)21-15(17)22-13(9)23/h6-8,10-11,14,24-25H,2-5H2,1H3,(H,18,26)(H,20,21,22)/t7-,8?,10?,11?,14?/m1/s1. The van der Waals surface area contributed by atoms with E-state index in [1.54, 1.807) is 0 Å². The van der Waals surface area contributed by atoms with Crippen molar-refractivity contribution >= 4 is 34.7 Å². The number of aromatic nitrogens is 4. The second-order valence-corrected chi connectivity index (χ2v) is 7.10. The van der Waals surface area contributed by atoms with Gasteiger partial charge in [-0.25, -0.2) is 9.78 Å². The Morgan fingerprint density at radius 2 is 2.24 bits per heavy atom. The van der Waals surface area contributed by atoms with E-state index in [1.807, 2.05) is 0 Å². The van der Waals surface area contributed by atoms with Gasteiger partial charge in [0.2, 0.25) is 5.28 Å². The SMILES string of the molecule is CNC(=O)OCC1OC(n2cnc3c(N[C@@H]4CCOC4)nc(Cl)nc32)C(O)C1O. The fraction of sp³-hybridized carbons (Fsp3) is 0.625. The van der Waals surface area contributed by atoms with E-state index >= 15 is 0 Å². The van der Waals surface area contributed by atoms with Gasteiger partial charge in [0.15, 0.2) is 23.2 Å². The largest absolute Gasteiger partial charge is 0.447 e. The molecular formula is C16H21ClN6O6. The van der Waals surface area contributed by atoms with E-state index in [2.05, 4.69) is 25.6 Å². The lowest BCUT2D eigenvalue weighted by Crippen LogP contribution is -2.35. The second-order valence-electron chi connectivity index (χ2n) is 6.76. The Bertz CT molecular complexity index is 890. The Hall–Kier alpha value is -2.25. The molecule has 4 N–H and O–H groups in total. The number of carbonyl (C=O) groups is 1. The minimum Gasteiger partial charge on any atom is -0.447 e. The fourth-order valence-corrected chi connectivity index (χ4v) is 3.51. The van der Waals surface area contributed by atoms with E-state index in [-0.39, 0.29) is 17.9 Å². The maximum absolute atomic E-state index is 11.3. The number of nitrogens with zero attached hydrogens (tertiary/aromatic N) is 4. The van der Waals surface area contributed by atoms with Crippen LogP contribution >= 0.6 is 11.6 Å². The van der Waals surface area contributed by atoms with Crippen molar-refractivity contribution in [3.05, 3.63) is 11.6 Å². The highest BCUT2D eigenvalue weighted by atomic mass is 35.5. The molecule has 158 valence electrons. The number of ether oxygens (including phenoxy) is 3. The molecule has 0 bridgehead atoms. The highest BCUT2D eigenvalue weighted by molar-refractivity contribution is 6.28. The summed E-state index contributed by atoms with van der Waals surface area (Å²) in [5, 5.41) is 26.3. The van der Waals surface area contributed by atoms with Crippen molar-refractivity contribution < 1.29 is 29.2 Å². The van der Waals surface area contributed by atoms with Gasteiger partial charge in [-0.05, 0) is 18.0 Å². The van der Waals surface area contributed by atoms with Gasteiger partial charge in [0, 0.05) is 13.7 Å². The van der Waals surface area contributed by atoms with E-state index in [4.69, 9.17) is 25.8 Å². The lowest BCUT2D eigenvalue weighted by molar-refractivity contribution is -0.0531. The van der Waals surface area contributed by atoms with Crippen LogP contribution < -0.4 is 10.6 Å². The summed E-state index contributed by atoms with van der Waals surface area (Å²) >= 11 is 6.09. The van der Waals surface area contributed by atoms with E-state index < -0.39 is 30.6 Å². The average molecular weight is 429 g/mol. The van der Waals surface area contributed by atoms with Crippen LogP contribution in [0.2, 0.25) is 5.28 Å². The number of rotatable bonds is 5. The average Bonchev–Trinajstić information content (AvgIpc) is 3.42. The summed E-state index contributed by atoms with van der Waals surface area (Å²) in [6, 6.07) is 0.0794. The Morgan fingerprint density at radius 1 is 1.41 bits per heavy atom. The first-order valence-electron chi connectivity index (χ1n) is 9.08. The van der Waals surface area contributed by atoms with E-state index in [0.717, 1.165) is 6.42 Å². The molecule has 2 aromatic rings. The molecular weight excluding hydrogens is 408 g/mol. The van der Waals surface area contributed by atoms with E-state index in [1.165, 1.54) is 17.9 Å². The molecule has 2 saturated heterocycles. The van der Waals surface area contributed by atoms with E-state index in [9.17, 15) is 15.0 Å². The molecule has 2 aliphatic heterocycles. The highest BCUT2D eigenvalue weighted by Crippen LogP contribution is 2.33. The van der Waals surface area contributed by atoms with Gasteiger partial charge in [-0.1, -0.05) is 0 Å². The van der Waals surface area contributed by atoms with E-state index in [0.29, 0.717) is 30.2 Å². The van der Waals surface area contributed by atoms with Gasteiger partial charge in [-0.2, -0.15) is 9.97 Å². The van der Waals surface area contributed by atoms with Crippen molar-refractivity contribution in [3.63, 3.8) is 0 Å². The number of aliphatic hydroxyl groups is 2. The van der Waals surface area contributed by atoms with Crippen LogP contribution in [0.25, 0.3) is 11.2 Å². The first-order chi connectivity index (χ1) is 14.0. The molecule has 13 heteroatoms. The van der Waals surface area contributed by atoms with Crippen LogP contribution in [-0.2, 0) is 14.2 Å². The Labute approximate surface area is 170 Å². The molecule has 0 spiro atoms. The molecule has 0 saturated carbocycles. The number of nitrogens with one attached hydrogen (secondary N) is 2. The minimum atomic E-state index is -1.29. The number of anilines is 1. The summed E-state index contributed by atoms with van der Waals surface area (Å²) in [6.07, 6.45) is -2.90. The van der Waals surface area contributed by atoms with Gasteiger partial charge in [0.25, 0.3) is 0 Å². The summed E-state index contributed by atoms with van der Waals surface area (Å²) in [5.41, 5.74) is 0.771. The number of hydrogen-bond acceptors (Lipinski definition) is 10. The molecule has 0 radical (unpaired) electrons. The number of aliphatic hydroxyl groups excluding tert-OH is 2. The zero-order valence-corrected chi connectivity index (χ0v) is 16.2. The normalized spacial score (nSPS) is 29.3. The monoisotopic (exact) mass is 428 g/mol. The van der Waals surface area contributed by atoms with Crippen LogP contribution in [0.4, 0.5) is 10.6 Å². The molecule has 4 heterocycles. The van der Waals surface area contributed by atoms with Crippen LogP contribution in [0.15, 0.2) is 6.33 Å². The molecule has 12 nitrogen and oxygen atoms in total. The summed E-state index contributed by atoms with van der Waals surface area (Å²) in [6.45, 7) is 0.978. The third-order valence-electron chi connectivity index (χ3n) is 4.86. The molecule has 2 aromatic heterocycles. The Kier molecular flexibility index (Phi) is 5.69. The predicted molar refractivity (Wildman–Crippen MR) is 99.5 cm³/mol. The van der Waals surface area contributed by atoms with Gasteiger partial charge < -0.3 is 35.1 Å². The third-order valence-corrected chi connectivity index (χ3v) is 5.03. The predicted octanol–water partition coefficient (Wildman–Crippen LogP) is -0.344. The minimum absolute atomic E-state index is 0.00630. The maximum Gasteiger partial charge on any atom is 0.406 e. The van der Waals surface area contributed by atoms with Crippen molar-refractivity contribution in [2.45, 2.75) is 37.0 Å². The molecule has 0 aliphatic carbocycles. The second kappa shape index (κ2) is 8.24. The molecule has 4 rings (SSSR count). The van der Waals surface area contributed by atoms with Gasteiger partial charge in [0.1, 0.15) is 24.9 Å². The van der Waals surface area contributed by atoms with Crippen LogP contribution in [-0.4, -0.2) is 87.0 Å². The summed E-state index contributed by atoms with van der Waals surface area (Å²) in [4.78, 5) is 24.0. The first-order valence-corrected chi connectivity index (χ1v) is 9.46. The lowest BCUT2D eigenvalue weighted by atomic mass is 10.1. The zero-order valence-electron chi connectivity index (χ0n) is 15.5. The van der Waals surface area contributed by atoms with Crippen molar-refractivity contribution in [2.24, 2.45) is 0 Å². The molecule has 2 aliphatic rings. The fourth-order valence-electron chi connectivity index (χ4n) is 3.35. The quantitative estimate of drug-likeness (QED) is 0.465. The summed E-state index contributed by atoms with van der Waals surface area (Å²) < 4.78 is 17.5. The first kappa shape index (κ1) is 20.0. The summed E-state index contributed by atoms with van der Waals surface area (Å²) in [7, 11) is 1.41. The Morgan fingerprint density at radius 3 is 2.97 bits per heavy atom. The van der Waals surface area contributed by atoms with Crippen LogP contribution in [0.3, 0.4) is 0 Å². The molecule has 2 fully saturated rings. The van der Waals surface area contributed by atoms with Gasteiger partial charge in [0.05, 0.1) is 19.0 Å².